The Morgan fingerprint density at radius 3 is 2.71 bits per heavy atom. The van der Waals surface area contributed by atoms with Crippen molar-refractivity contribution in [2.45, 2.75) is 13.1 Å². The molecule has 0 bridgehead atoms. The third-order valence-corrected chi connectivity index (χ3v) is 4.08. The molecule has 3 rings (SSSR count). The molecular weight excluding hydrogens is 304 g/mol. The third-order valence-electron chi connectivity index (χ3n) is 4.08. The second-order valence-electron chi connectivity index (χ2n) is 6.11. The fourth-order valence-corrected chi connectivity index (χ4v) is 2.77. The molecule has 2 heterocycles. The first-order chi connectivity index (χ1) is 11.8. The van der Waals surface area contributed by atoms with E-state index < -0.39 is 0 Å². The van der Waals surface area contributed by atoms with Gasteiger partial charge in [0.05, 0.1) is 13.2 Å². The van der Waals surface area contributed by atoms with Gasteiger partial charge in [-0.05, 0) is 5.56 Å². The number of benzene rings is 1. The molecule has 1 fully saturated rings. The van der Waals surface area contributed by atoms with Gasteiger partial charge in [0, 0.05) is 56.7 Å². The van der Waals surface area contributed by atoms with Crippen LogP contribution in [-0.2, 0) is 17.8 Å². The van der Waals surface area contributed by atoms with E-state index in [1.54, 1.807) is 0 Å². The Kier molecular flexibility index (Phi) is 6.12. The smallest absolute Gasteiger partial charge is 0.222 e. The van der Waals surface area contributed by atoms with Crippen molar-refractivity contribution in [1.82, 2.24) is 14.9 Å². The van der Waals surface area contributed by atoms with Gasteiger partial charge in [0.15, 0.2) is 0 Å². The van der Waals surface area contributed by atoms with Crippen LogP contribution in [0, 0.1) is 5.92 Å². The van der Waals surface area contributed by atoms with Crippen LogP contribution in [0.4, 0.5) is 5.95 Å². The van der Waals surface area contributed by atoms with Gasteiger partial charge >= 0.3 is 0 Å². The van der Waals surface area contributed by atoms with Gasteiger partial charge < -0.3 is 15.2 Å². The molecule has 0 unspecified atom stereocenters. The lowest BCUT2D eigenvalue weighted by atomic mass is 10.1. The number of nitrogens with one attached hydrogen (secondary N) is 1. The number of hydrogen-bond acceptors (Lipinski definition) is 6. The van der Waals surface area contributed by atoms with Gasteiger partial charge in [-0.2, -0.15) is 0 Å². The quantitative estimate of drug-likeness (QED) is 0.838. The summed E-state index contributed by atoms with van der Waals surface area (Å²) in [5.74, 6) is 0.815. The fourth-order valence-electron chi connectivity index (χ4n) is 2.77. The summed E-state index contributed by atoms with van der Waals surface area (Å²) in [5, 5.41) is 12.6. The lowest BCUT2D eigenvalue weighted by Crippen LogP contribution is -2.31. The second-order valence-corrected chi connectivity index (χ2v) is 6.11. The van der Waals surface area contributed by atoms with Crippen LogP contribution < -0.4 is 5.32 Å². The van der Waals surface area contributed by atoms with Crippen LogP contribution >= 0.6 is 0 Å². The van der Waals surface area contributed by atoms with Gasteiger partial charge in [-0.1, -0.05) is 30.3 Å². The highest BCUT2D eigenvalue weighted by atomic mass is 16.5. The van der Waals surface area contributed by atoms with E-state index in [1.807, 2.05) is 30.6 Å². The Labute approximate surface area is 142 Å². The highest BCUT2D eigenvalue weighted by molar-refractivity contribution is 5.27. The Morgan fingerprint density at radius 1 is 1.17 bits per heavy atom. The van der Waals surface area contributed by atoms with Crippen molar-refractivity contribution in [2.75, 3.05) is 38.2 Å². The van der Waals surface area contributed by atoms with E-state index in [2.05, 4.69) is 32.3 Å². The molecule has 1 aliphatic rings. The molecule has 1 aliphatic heterocycles. The van der Waals surface area contributed by atoms with Gasteiger partial charge in [-0.15, -0.1) is 0 Å². The SMILES string of the molecule is OC[C@H]1COCCN(Cc2cnc(NCc3ccccc3)nc2)C1. The number of anilines is 1. The Bertz CT molecular complexity index is 606. The Morgan fingerprint density at radius 2 is 1.96 bits per heavy atom. The summed E-state index contributed by atoms with van der Waals surface area (Å²) in [5.41, 5.74) is 2.27. The monoisotopic (exact) mass is 328 g/mol. The molecule has 2 aromatic rings. The Hall–Kier alpha value is -2.02. The molecule has 0 amide bonds. The highest BCUT2D eigenvalue weighted by Gasteiger charge is 2.18. The van der Waals surface area contributed by atoms with Crippen LogP contribution in [0.3, 0.4) is 0 Å². The molecule has 0 saturated carbocycles. The van der Waals surface area contributed by atoms with Crippen LogP contribution in [-0.4, -0.2) is 52.9 Å². The lowest BCUT2D eigenvalue weighted by Gasteiger charge is -2.22. The maximum absolute atomic E-state index is 9.35. The molecule has 0 radical (unpaired) electrons. The molecule has 0 spiro atoms. The van der Waals surface area contributed by atoms with Crippen LogP contribution in [0.2, 0.25) is 0 Å². The largest absolute Gasteiger partial charge is 0.396 e. The topological polar surface area (TPSA) is 70.5 Å². The Balaban J connectivity index is 1.52. The predicted octanol–water partition coefficient (Wildman–Crippen LogP) is 1.53. The fraction of sp³-hybridized carbons (Fsp3) is 0.444. The van der Waals surface area contributed by atoms with Gasteiger partial charge in [0.1, 0.15) is 0 Å². The molecule has 128 valence electrons. The van der Waals surface area contributed by atoms with Crippen molar-refractivity contribution in [1.29, 1.82) is 0 Å². The first kappa shape index (κ1) is 16.8. The van der Waals surface area contributed by atoms with Crippen LogP contribution in [0.5, 0.6) is 0 Å². The standard InChI is InChI=1S/C18H24N4O2/c23-13-17-12-22(6-7-24-14-17)11-16-9-20-18(21-10-16)19-8-15-4-2-1-3-5-15/h1-5,9-10,17,23H,6-8,11-14H2,(H,19,20,21)/t17-/m0/s1. The summed E-state index contributed by atoms with van der Waals surface area (Å²) < 4.78 is 5.52. The number of aliphatic hydroxyl groups excluding tert-OH is 1. The molecule has 1 aromatic carbocycles. The van der Waals surface area contributed by atoms with E-state index >= 15 is 0 Å². The number of rotatable bonds is 6. The summed E-state index contributed by atoms with van der Waals surface area (Å²) in [4.78, 5) is 11.1. The first-order valence-electron chi connectivity index (χ1n) is 8.33. The zero-order valence-corrected chi connectivity index (χ0v) is 13.8. The molecular formula is C18H24N4O2. The molecule has 2 N–H and O–H groups in total. The van der Waals surface area contributed by atoms with Crippen molar-refractivity contribution < 1.29 is 9.84 Å². The first-order valence-corrected chi connectivity index (χ1v) is 8.33. The van der Waals surface area contributed by atoms with E-state index in [-0.39, 0.29) is 12.5 Å². The van der Waals surface area contributed by atoms with Gasteiger partial charge in [-0.3, -0.25) is 4.90 Å². The van der Waals surface area contributed by atoms with Crippen molar-refractivity contribution >= 4 is 5.95 Å². The minimum atomic E-state index is 0.162. The predicted molar refractivity (Wildman–Crippen MR) is 92.5 cm³/mol. The zero-order chi connectivity index (χ0) is 16.6. The summed E-state index contributed by atoms with van der Waals surface area (Å²) in [6.45, 7) is 4.69. The molecule has 6 heteroatoms. The molecule has 0 aliphatic carbocycles. The zero-order valence-electron chi connectivity index (χ0n) is 13.8. The normalized spacial score (nSPS) is 19.0. The molecule has 1 atom stereocenters. The number of aromatic nitrogens is 2. The lowest BCUT2D eigenvalue weighted by molar-refractivity contribution is 0.0958. The number of hydrogen-bond donors (Lipinski definition) is 2. The maximum atomic E-state index is 9.35. The van der Waals surface area contributed by atoms with Crippen molar-refractivity contribution in [2.24, 2.45) is 5.92 Å². The number of ether oxygens (including phenoxy) is 1. The summed E-state index contributed by atoms with van der Waals surface area (Å²) in [6.07, 6.45) is 3.72. The molecule has 6 nitrogen and oxygen atoms in total. The summed E-state index contributed by atoms with van der Waals surface area (Å²) >= 11 is 0. The number of nitrogens with zero attached hydrogens (tertiary/aromatic N) is 3. The molecule has 1 aromatic heterocycles. The van der Waals surface area contributed by atoms with Crippen molar-refractivity contribution in [3.8, 4) is 0 Å². The molecule has 1 saturated heterocycles. The van der Waals surface area contributed by atoms with Crippen LogP contribution in [0.25, 0.3) is 0 Å². The maximum Gasteiger partial charge on any atom is 0.222 e. The van der Waals surface area contributed by atoms with E-state index in [4.69, 9.17) is 4.74 Å². The van der Waals surface area contributed by atoms with Gasteiger partial charge in [0.2, 0.25) is 5.95 Å². The number of aliphatic hydroxyl groups is 1. The highest BCUT2D eigenvalue weighted by Crippen LogP contribution is 2.11. The summed E-state index contributed by atoms with van der Waals surface area (Å²) in [7, 11) is 0. The van der Waals surface area contributed by atoms with E-state index in [0.717, 1.165) is 25.2 Å². The second kappa shape index (κ2) is 8.73. The van der Waals surface area contributed by atoms with Gasteiger partial charge in [0.25, 0.3) is 0 Å². The minimum Gasteiger partial charge on any atom is -0.396 e. The van der Waals surface area contributed by atoms with Crippen LogP contribution in [0.15, 0.2) is 42.7 Å². The summed E-state index contributed by atoms with van der Waals surface area (Å²) in [6, 6.07) is 10.2. The van der Waals surface area contributed by atoms with E-state index in [1.165, 1.54) is 5.56 Å². The molecule has 24 heavy (non-hydrogen) atoms. The van der Waals surface area contributed by atoms with E-state index in [9.17, 15) is 5.11 Å². The average Bonchev–Trinajstić information content (AvgIpc) is 2.87. The third kappa shape index (κ3) is 4.99. The van der Waals surface area contributed by atoms with Crippen molar-refractivity contribution in [3.63, 3.8) is 0 Å². The van der Waals surface area contributed by atoms with E-state index in [0.29, 0.717) is 25.7 Å². The van der Waals surface area contributed by atoms with Crippen LogP contribution in [0.1, 0.15) is 11.1 Å². The van der Waals surface area contributed by atoms with Gasteiger partial charge in [-0.25, -0.2) is 9.97 Å². The van der Waals surface area contributed by atoms with Crippen molar-refractivity contribution in [3.05, 3.63) is 53.9 Å². The average molecular weight is 328 g/mol. The minimum absolute atomic E-state index is 0.162.